The Bertz CT molecular complexity index is 1350. The number of aromatic nitrogens is 1. The van der Waals surface area contributed by atoms with Gasteiger partial charge in [0.15, 0.2) is 0 Å². The molecular formula is C24H25F4N3O5S. The van der Waals surface area contributed by atoms with E-state index in [4.69, 9.17) is 0 Å². The van der Waals surface area contributed by atoms with E-state index < -0.39 is 50.9 Å². The molecule has 4 rings (SSSR count). The molecule has 1 saturated heterocycles. The molecule has 0 aliphatic carbocycles. The van der Waals surface area contributed by atoms with Crippen LogP contribution >= 0.6 is 0 Å². The maximum Gasteiger partial charge on any atom is 0.461 e. The smallest absolute Gasteiger partial charge is 0.427 e. The minimum atomic E-state index is -4.74. The molecule has 8 nitrogen and oxygen atoms in total. The number of carbonyl (C=O) groups excluding carboxylic acids is 2. The predicted octanol–water partition coefficient (Wildman–Crippen LogP) is 3.97. The number of hydrogen-bond donors (Lipinski definition) is 1. The molecule has 2 aliphatic rings. The van der Waals surface area contributed by atoms with Gasteiger partial charge in [0, 0.05) is 17.2 Å². The maximum atomic E-state index is 13.4. The van der Waals surface area contributed by atoms with E-state index in [2.05, 4.69) is 15.0 Å². The number of halogens is 4. The monoisotopic (exact) mass is 543 g/mol. The van der Waals surface area contributed by atoms with Gasteiger partial charge in [-0.25, -0.2) is 8.42 Å². The van der Waals surface area contributed by atoms with Crippen molar-refractivity contribution in [2.75, 3.05) is 16.4 Å². The summed E-state index contributed by atoms with van der Waals surface area (Å²) in [4.78, 5) is 31.3. The molecule has 0 bridgehead atoms. The number of benzene rings is 1. The number of amides is 2. The van der Waals surface area contributed by atoms with E-state index in [0.717, 1.165) is 12.3 Å². The summed E-state index contributed by atoms with van der Waals surface area (Å²) < 4.78 is 79.5. The van der Waals surface area contributed by atoms with E-state index >= 15 is 0 Å². The molecule has 0 unspecified atom stereocenters. The minimum absolute atomic E-state index is 0.0209. The lowest BCUT2D eigenvalue weighted by atomic mass is 9.85. The molecule has 0 spiro atoms. The number of rotatable bonds is 6. The van der Waals surface area contributed by atoms with E-state index in [1.807, 2.05) is 0 Å². The molecule has 13 heteroatoms. The summed E-state index contributed by atoms with van der Waals surface area (Å²) in [5, 5.41) is 2.90. The number of nitrogens with zero attached hydrogens (tertiary/aromatic N) is 2. The molecular weight excluding hydrogens is 518 g/mol. The van der Waals surface area contributed by atoms with Crippen LogP contribution < -0.4 is 15.0 Å². The van der Waals surface area contributed by atoms with E-state index in [1.165, 1.54) is 23.2 Å². The van der Waals surface area contributed by atoms with Crippen molar-refractivity contribution in [3.05, 3.63) is 47.8 Å². The topological polar surface area (TPSA) is 106 Å². The molecule has 1 aromatic heterocycles. The standard InChI is InChI=1S/C24H25F4N3O5S/c1-22(2)17-10-14(19(32)30-23(3)6-8-37(34,35)9-7-23)4-5-18(17)31(21(22)33)15-11-16(13-29-12-15)36-24(27,28)20(25)26/h4-5,10-13,20H,6-9H2,1-3H3,(H,30,32). The SMILES string of the molecule is CC1(NC(=O)c2ccc3c(c2)C(C)(C)C(=O)N3c2cncc(OC(F)(F)C(F)F)c2)CCS(=O)(=O)CC1. The van der Waals surface area contributed by atoms with Crippen molar-refractivity contribution in [3.63, 3.8) is 0 Å². The summed E-state index contributed by atoms with van der Waals surface area (Å²) in [6.07, 6.45) is -6.21. The molecule has 2 aliphatic heterocycles. The van der Waals surface area contributed by atoms with Gasteiger partial charge in [0.25, 0.3) is 5.91 Å². The van der Waals surface area contributed by atoms with Crippen LogP contribution in [0, 0.1) is 0 Å². The highest BCUT2D eigenvalue weighted by atomic mass is 32.2. The molecule has 0 radical (unpaired) electrons. The van der Waals surface area contributed by atoms with Gasteiger partial charge in [0.2, 0.25) is 5.91 Å². The Hall–Kier alpha value is -3.22. The lowest BCUT2D eigenvalue weighted by Gasteiger charge is -2.34. The number of alkyl halides is 4. The van der Waals surface area contributed by atoms with Gasteiger partial charge in [0.1, 0.15) is 15.6 Å². The van der Waals surface area contributed by atoms with E-state index in [0.29, 0.717) is 11.3 Å². The zero-order chi connectivity index (χ0) is 27.4. The Balaban J connectivity index is 1.62. The number of anilines is 2. The molecule has 0 saturated carbocycles. The average molecular weight is 544 g/mol. The first-order valence-electron chi connectivity index (χ1n) is 11.4. The van der Waals surface area contributed by atoms with Gasteiger partial charge in [-0.05, 0) is 57.4 Å². The van der Waals surface area contributed by atoms with Crippen LogP contribution in [0.1, 0.15) is 49.5 Å². The van der Waals surface area contributed by atoms with Crippen LogP contribution in [0.4, 0.5) is 28.9 Å². The zero-order valence-electron chi connectivity index (χ0n) is 20.2. The fourth-order valence-corrected chi connectivity index (χ4v) is 6.11. The lowest BCUT2D eigenvalue weighted by molar-refractivity contribution is -0.253. The highest BCUT2D eigenvalue weighted by molar-refractivity contribution is 7.91. The second kappa shape index (κ2) is 8.96. The summed E-state index contributed by atoms with van der Waals surface area (Å²) in [5.74, 6) is -1.59. The van der Waals surface area contributed by atoms with Crippen molar-refractivity contribution in [2.24, 2.45) is 0 Å². The molecule has 2 amide bonds. The fraction of sp³-hybridized carbons (Fsp3) is 0.458. The number of carbonyl (C=O) groups is 2. The number of hydrogen-bond acceptors (Lipinski definition) is 6. The average Bonchev–Trinajstić information content (AvgIpc) is 3.01. The van der Waals surface area contributed by atoms with Gasteiger partial charge in [-0.3, -0.25) is 19.5 Å². The van der Waals surface area contributed by atoms with Crippen LogP contribution in [0.2, 0.25) is 0 Å². The van der Waals surface area contributed by atoms with E-state index in [-0.39, 0.29) is 35.6 Å². The quantitative estimate of drug-likeness (QED) is 0.553. The number of fused-ring (bicyclic) bond motifs is 1. The molecule has 1 aromatic carbocycles. The summed E-state index contributed by atoms with van der Waals surface area (Å²) in [6.45, 7) is 5.03. The number of ether oxygens (including phenoxy) is 1. The van der Waals surface area contributed by atoms with Crippen molar-refractivity contribution >= 4 is 33.0 Å². The largest absolute Gasteiger partial charge is 0.461 e. The Labute approximate surface area is 210 Å². The first-order chi connectivity index (χ1) is 17.0. The summed E-state index contributed by atoms with van der Waals surface area (Å²) in [5.41, 5.74) is -0.717. The van der Waals surface area contributed by atoms with Gasteiger partial charge in [-0.1, -0.05) is 0 Å². The second-order valence-corrected chi connectivity index (χ2v) is 12.3. The molecule has 2 aromatic rings. The third-order valence-corrected chi connectivity index (χ3v) is 8.37. The van der Waals surface area contributed by atoms with E-state index in [1.54, 1.807) is 26.8 Å². The van der Waals surface area contributed by atoms with Crippen LogP contribution in [0.5, 0.6) is 5.75 Å². The maximum absolute atomic E-state index is 13.4. The van der Waals surface area contributed by atoms with Crippen LogP contribution in [-0.2, 0) is 20.0 Å². The van der Waals surface area contributed by atoms with Gasteiger partial charge in [-0.2, -0.15) is 17.6 Å². The Morgan fingerprint density at radius 2 is 1.78 bits per heavy atom. The van der Waals surface area contributed by atoms with Gasteiger partial charge >= 0.3 is 12.5 Å². The van der Waals surface area contributed by atoms with Gasteiger partial charge < -0.3 is 10.1 Å². The first-order valence-corrected chi connectivity index (χ1v) is 13.2. The highest BCUT2D eigenvalue weighted by Gasteiger charge is 2.46. The van der Waals surface area contributed by atoms with Crippen molar-refractivity contribution in [1.29, 1.82) is 0 Å². The number of nitrogens with one attached hydrogen (secondary N) is 1. The summed E-state index contributed by atoms with van der Waals surface area (Å²) in [6, 6.07) is 5.55. The lowest BCUT2D eigenvalue weighted by Crippen LogP contribution is -2.50. The molecule has 200 valence electrons. The van der Waals surface area contributed by atoms with Crippen LogP contribution in [-0.4, -0.2) is 54.8 Å². The van der Waals surface area contributed by atoms with Crippen molar-refractivity contribution < 1.29 is 40.3 Å². The number of sulfone groups is 1. The predicted molar refractivity (Wildman–Crippen MR) is 126 cm³/mol. The zero-order valence-corrected chi connectivity index (χ0v) is 21.0. The van der Waals surface area contributed by atoms with Crippen LogP contribution in [0.3, 0.4) is 0 Å². The minimum Gasteiger partial charge on any atom is -0.427 e. The van der Waals surface area contributed by atoms with Crippen molar-refractivity contribution in [3.8, 4) is 5.75 Å². The third kappa shape index (κ3) is 5.13. The molecule has 37 heavy (non-hydrogen) atoms. The molecule has 3 heterocycles. The van der Waals surface area contributed by atoms with Gasteiger partial charge in [-0.15, -0.1) is 0 Å². The van der Waals surface area contributed by atoms with Crippen LogP contribution in [0.25, 0.3) is 0 Å². The Morgan fingerprint density at radius 3 is 2.41 bits per heavy atom. The highest BCUT2D eigenvalue weighted by Crippen LogP contribution is 2.46. The summed E-state index contributed by atoms with van der Waals surface area (Å²) in [7, 11) is -3.12. The summed E-state index contributed by atoms with van der Waals surface area (Å²) >= 11 is 0. The Morgan fingerprint density at radius 1 is 1.14 bits per heavy atom. The first kappa shape index (κ1) is 26.8. The Kier molecular flexibility index (Phi) is 6.50. The van der Waals surface area contributed by atoms with E-state index in [9.17, 15) is 35.6 Å². The normalized spacial score (nSPS) is 20.0. The fourth-order valence-electron chi connectivity index (χ4n) is 4.38. The second-order valence-electron chi connectivity index (χ2n) is 10.0. The number of pyridine rings is 1. The van der Waals surface area contributed by atoms with Crippen LogP contribution in [0.15, 0.2) is 36.7 Å². The van der Waals surface area contributed by atoms with Crippen molar-refractivity contribution in [1.82, 2.24) is 10.3 Å². The van der Waals surface area contributed by atoms with Gasteiger partial charge in [0.05, 0.1) is 40.7 Å². The van der Waals surface area contributed by atoms with Crippen molar-refractivity contribution in [2.45, 2.75) is 57.1 Å². The molecule has 0 atom stereocenters. The molecule has 1 N–H and O–H groups in total. The third-order valence-electron chi connectivity index (χ3n) is 6.72. The molecule has 1 fully saturated rings.